The molecule has 0 N–H and O–H groups in total. The Hall–Kier alpha value is -2.37. The number of hydrogen-bond donors (Lipinski definition) is 0. The molecule has 1 heterocycles. The lowest BCUT2D eigenvalue weighted by atomic mass is 10.4. The Labute approximate surface area is 107 Å². The van der Waals surface area contributed by atoms with E-state index in [2.05, 4.69) is 19.7 Å². The van der Waals surface area contributed by atoms with E-state index in [9.17, 15) is 14.4 Å². The van der Waals surface area contributed by atoms with Gasteiger partial charge in [0.1, 0.15) is 0 Å². The second-order valence-corrected chi connectivity index (χ2v) is 3.67. The predicted octanol–water partition coefficient (Wildman–Crippen LogP) is 0.0288. The summed E-state index contributed by atoms with van der Waals surface area (Å²) in [6, 6.07) is 0. The molecule has 1 aliphatic heterocycles. The van der Waals surface area contributed by atoms with E-state index in [1.165, 1.54) is 14.7 Å². The summed E-state index contributed by atoms with van der Waals surface area (Å²) in [6.45, 7) is 10.5. The zero-order valence-corrected chi connectivity index (χ0v) is 10.0. The van der Waals surface area contributed by atoms with E-state index >= 15 is 0 Å². The molecule has 0 spiro atoms. The van der Waals surface area contributed by atoms with Crippen LogP contribution in [0.1, 0.15) is 1.43 Å². The lowest BCUT2D eigenvalue weighted by Crippen LogP contribution is -2.58. The van der Waals surface area contributed by atoms with Crippen LogP contribution in [-0.4, -0.2) is 52.4 Å². The number of hydrogen-bond acceptors (Lipinski definition) is 3. The van der Waals surface area contributed by atoms with Crippen molar-refractivity contribution in [1.82, 2.24) is 14.7 Å². The molecule has 6 heteroatoms. The Kier molecular flexibility index (Phi) is 4.42. The molecule has 0 radical (unpaired) electrons. The third kappa shape index (κ3) is 2.85. The van der Waals surface area contributed by atoms with Crippen LogP contribution in [0.25, 0.3) is 0 Å². The molecule has 3 amide bonds. The van der Waals surface area contributed by atoms with E-state index in [1.807, 2.05) is 0 Å². The van der Waals surface area contributed by atoms with Crippen LogP contribution in [0.5, 0.6) is 0 Å². The van der Waals surface area contributed by atoms with E-state index in [4.69, 9.17) is 0 Å². The maximum atomic E-state index is 11.6. The third-order valence-electron chi connectivity index (χ3n) is 2.48. The molecule has 6 nitrogen and oxygen atoms in total. The lowest BCUT2D eigenvalue weighted by Gasteiger charge is -2.41. The number of rotatable bonds is 3. The summed E-state index contributed by atoms with van der Waals surface area (Å²) in [5.41, 5.74) is 0. The van der Waals surface area contributed by atoms with Crippen LogP contribution in [0.2, 0.25) is 0 Å². The molecule has 0 saturated carbocycles. The van der Waals surface area contributed by atoms with E-state index in [1.54, 1.807) is 0 Å². The van der Waals surface area contributed by atoms with Crippen molar-refractivity contribution in [1.29, 1.82) is 0 Å². The minimum absolute atomic E-state index is 0. The van der Waals surface area contributed by atoms with Gasteiger partial charge < -0.3 is 14.7 Å². The summed E-state index contributed by atoms with van der Waals surface area (Å²) in [6.07, 6.45) is 3.41. The van der Waals surface area contributed by atoms with Crippen molar-refractivity contribution in [2.24, 2.45) is 0 Å². The van der Waals surface area contributed by atoms with Crippen molar-refractivity contribution in [3.63, 3.8) is 0 Å². The molecular weight excluding hydrogens is 234 g/mol. The Bertz CT molecular complexity index is 355. The van der Waals surface area contributed by atoms with Crippen molar-refractivity contribution in [2.45, 2.75) is 0 Å². The summed E-state index contributed by atoms with van der Waals surface area (Å²) in [7, 11) is 0. The highest BCUT2D eigenvalue weighted by molar-refractivity contribution is 5.92. The lowest BCUT2D eigenvalue weighted by molar-refractivity contribution is -0.152. The standard InChI is InChI=1S/C12H15N3O3/c1-4-10(16)13-7-14(11(17)5-2)9-15(8-13)12(18)6-3/h4-6H,1-3,7-9H2/p+1. The Morgan fingerprint density at radius 3 is 1.11 bits per heavy atom. The summed E-state index contributed by atoms with van der Waals surface area (Å²) in [5.74, 6) is -1.05. The maximum Gasteiger partial charge on any atom is 1.00 e. The van der Waals surface area contributed by atoms with Crippen molar-refractivity contribution in [3.05, 3.63) is 38.0 Å². The molecule has 1 rings (SSSR count). The molecule has 1 aliphatic rings. The van der Waals surface area contributed by atoms with Gasteiger partial charge in [-0.2, -0.15) is 0 Å². The maximum absolute atomic E-state index is 11.6. The molecule has 0 aliphatic carbocycles. The number of nitrogens with zero attached hydrogens (tertiary/aromatic N) is 3. The van der Waals surface area contributed by atoms with Crippen LogP contribution in [-0.2, 0) is 14.4 Å². The summed E-state index contributed by atoms with van der Waals surface area (Å²) >= 11 is 0. The molecule has 0 aromatic rings. The molecule has 1 saturated heterocycles. The first-order valence-corrected chi connectivity index (χ1v) is 5.27. The Balaban J connectivity index is 0.00000324. The van der Waals surface area contributed by atoms with Gasteiger partial charge in [0.2, 0.25) is 17.7 Å². The van der Waals surface area contributed by atoms with Crippen molar-refractivity contribution in [2.75, 3.05) is 20.0 Å². The van der Waals surface area contributed by atoms with Crippen LogP contribution in [0.3, 0.4) is 0 Å². The fourth-order valence-corrected chi connectivity index (χ4v) is 1.56. The number of carbonyl (C=O) groups excluding carboxylic acids is 3. The SMILES string of the molecule is C=CC(=O)N1CN(C(=O)C=C)CN(C(=O)C=C)C1.[H+]. The van der Waals surface area contributed by atoms with Gasteiger partial charge >= 0.3 is 1.43 Å². The molecule has 0 unspecified atom stereocenters. The minimum atomic E-state index is -0.349. The van der Waals surface area contributed by atoms with Crippen LogP contribution in [0.15, 0.2) is 38.0 Å². The summed E-state index contributed by atoms with van der Waals surface area (Å²) in [5, 5.41) is 0. The van der Waals surface area contributed by atoms with Crippen LogP contribution in [0.4, 0.5) is 0 Å². The normalized spacial score (nSPS) is 15.0. The first-order chi connectivity index (χ1) is 8.53. The van der Waals surface area contributed by atoms with Gasteiger partial charge in [-0.15, -0.1) is 0 Å². The van der Waals surface area contributed by atoms with Crippen LogP contribution in [0, 0.1) is 0 Å². The van der Waals surface area contributed by atoms with Crippen LogP contribution >= 0.6 is 0 Å². The zero-order valence-electron chi connectivity index (χ0n) is 11.0. The Morgan fingerprint density at radius 1 is 0.722 bits per heavy atom. The second-order valence-electron chi connectivity index (χ2n) is 3.67. The van der Waals surface area contributed by atoms with Crippen LogP contribution < -0.4 is 0 Å². The van der Waals surface area contributed by atoms with E-state index < -0.39 is 0 Å². The average Bonchev–Trinajstić information content (AvgIpc) is 2.43. The summed E-state index contributed by atoms with van der Waals surface area (Å²) < 4.78 is 0. The molecule has 0 aromatic heterocycles. The highest BCUT2D eigenvalue weighted by atomic mass is 16.2. The van der Waals surface area contributed by atoms with Gasteiger partial charge in [0.25, 0.3) is 0 Å². The topological polar surface area (TPSA) is 60.9 Å². The molecule has 18 heavy (non-hydrogen) atoms. The molecule has 0 aromatic carbocycles. The number of carbonyl (C=O) groups is 3. The summed E-state index contributed by atoms with van der Waals surface area (Å²) in [4.78, 5) is 38.7. The fourth-order valence-electron chi connectivity index (χ4n) is 1.56. The van der Waals surface area contributed by atoms with Gasteiger partial charge in [-0.1, -0.05) is 19.7 Å². The van der Waals surface area contributed by atoms with Gasteiger partial charge in [0.15, 0.2) is 0 Å². The second kappa shape index (κ2) is 5.81. The largest absolute Gasteiger partial charge is 1.00 e. The van der Waals surface area contributed by atoms with E-state index in [0.29, 0.717) is 0 Å². The Morgan fingerprint density at radius 2 is 0.944 bits per heavy atom. The fraction of sp³-hybridized carbons (Fsp3) is 0.250. The van der Waals surface area contributed by atoms with E-state index in [-0.39, 0.29) is 39.2 Å². The van der Waals surface area contributed by atoms with Crippen molar-refractivity contribution in [3.8, 4) is 0 Å². The van der Waals surface area contributed by atoms with Gasteiger partial charge in [-0.05, 0) is 18.2 Å². The van der Waals surface area contributed by atoms with Gasteiger partial charge in [0.05, 0.1) is 20.0 Å². The average molecular weight is 250 g/mol. The van der Waals surface area contributed by atoms with Gasteiger partial charge in [-0.3, -0.25) is 14.4 Å². The quantitative estimate of drug-likeness (QED) is 0.664. The minimum Gasteiger partial charge on any atom is -0.303 e. The molecule has 0 atom stereocenters. The first-order valence-electron chi connectivity index (χ1n) is 5.27. The van der Waals surface area contributed by atoms with Gasteiger partial charge in [0, 0.05) is 0 Å². The first kappa shape index (κ1) is 13.7. The molecule has 1 fully saturated rings. The van der Waals surface area contributed by atoms with Gasteiger partial charge in [-0.25, -0.2) is 0 Å². The third-order valence-corrected chi connectivity index (χ3v) is 2.48. The molecule has 96 valence electrons. The monoisotopic (exact) mass is 250 g/mol. The smallest absolute Gasteiger partial charge is 0.303 e. The predicted molar refractivity (Wildman–Crippen MR) is 66.8 cm³/mol. The zero-order chi connectivity index (χ0) is 13.7. The van der Waals surface area contributed by atoms with E-state index in [0.717, 1.165) is 18.2 Å². The highest BCUT2D eigenvalue weighted by Gasteiger charge is 2.29. The van der Waals surface area contributed by atoms with Crippen molar-refractivity contribution < 1.29 is 15.8 Å². The molecular formula is C12H16N3O3+. The number of amides is 3. The van der Waals surface area contributed by atoms with Crippen molar-refractivity contribution >= 4 is 17.7 Å². The molecule has 0 bridgehead atoms. The highest BCUT2D eigenvalue weighted by Crippen LogP contribution is 2.09.